The van der Waals surface area contributed by atoms with Gasteiger partial charge in [0.25, 0.3) is 11.6 Å². The summed E-state index contributed by atoms with van der Waals surface area (Å²) in [6, 6.07) is 10.2. The van der Waals surface area contributed by atoms with Crippen molar-refractivity contribution in [2.24, 2.45) is 4.99 Å². The van der Waals surface area contributed by atoms with E-state index in [0.717, 1.165) is 11.3 Å². The summed E-state index contributed by atoms with van der Waals surface area (Å²) in [4.78, 5) is 51.7. The van der Waals surface area contributed by atoms with Crippen LogP contribution < -0.4 is 4.80 Å². The van der Waals surface area contributed by atoms with Gasteiger partial charge in [0.15, 0.2) is 4.80 Å². The molecule has 0 spiro atoms. The second-order valence-electron chi connectivity index (χ2n) is 6.14. The highest BCUT2D eigenvalue weighted by Gasteiger charge is 2.19. The van der Waals surface area contributed by atoms with E-state index in [2.05, 4.69) is 4.99 Å². The van der Waals surface area contributed by atoms with Crippen molar-refractivity contribution in [3.63, 3.8) is 0 Å². The molecule has 0 saturated carbocycles. The van der Waals surface area contributed by atoms with Gasteiger partial charge in [0.2, 0.25) is 0 Å². The van der Waals surface area contributed by atoms with Crippen LogP contribution in [0.15, 0.2) is 47.5 Å². The van der Waals surface area contributed by atoms with Crippen LogP contribution in [0, 0.1) is 10.1 Å². The number of nitro groups is 1. The molecule has 1 amide bonds. The summed E-state index contributed by atoms with van der Waals surface area (Å²) in [6.07, 6.45) is 0. The number of non-ortho nitro benzene ring substituents is 1. The van der Waals surface area contributed by atoms with Gasteiger partial charge in [0.1, 0.15) is 6.54 Å². The van der Waals surface area contributed by atoms with E-state index in [1.165, 1.54) is 42.0 Å². The maximum atomic E-state index is 12.9. The molecule has 0 saturated heterocycles. The van der Waals surface area contributed by atoms with Crippen molar-refractivity contribution in [3.05, 3.63) is 68.5 Å². The highest BCUT2D eigenvalue weighted by molar-refractivity contribution is 7.16. The summed E-state index contributed by atoms with van der Waals surface area (Å²) in [5.74, 6) is -1.96. The Labute approximate surface area is 179 Å². The molecule has 0 aliphatic heterocycles. The first-order valence-electron chi connectivity index (χ1n) is 9.05. The third-order valence-electron chi connectivity index (χ3n) is 4.23. The fraction of sp³-hybridized carbons (Fsp3) is 0.200. The van der Waals surface area contributed by atoms with Crippen LogP contribution in [0.4, 0.5) is 5.69 Å². The molecule has 0 bridgehead atoms. The second-order valence-corrected chi connectivity index (χ2v) is 7.15. The molecule has 1 heterocycles. The van der Waals surface area contributed by atoms with E-state index >= 15 is 0 Å². The molecule has 3 rings (SSSR count). The number of esters is 2. The fourth-order valence-electron chi connectivity index (χ4n) is 2.85. The SMILES string of the molecule is CCOC(=O)Cn1c(=NC(=O)c2ccccc2C(=O)OC)sc2cc([N+](=O)[O-])ccc21. The number of hydrogen-bond donors (Lipinski definition) is 0. The zero-order valence-electron chi connectivity index (χ0n) is 16.6. The van der Waals surface area contributed by atoms with Crippen molar-refractivity contribution >= 4 is 45.1 Å². The topological polar surface area (TPSA) is 130 Å². The molecule has 1 aromatic heterocycles. The van der Waals surface area contributed by atoms with Crippen LogP contribution in [0.25, 0.3) is 10.2 Å². The Morgan fingerprint density at radius 3 is 2.52 bits per heavy atom. The number of hydrogen-bond acceptors (Lipinski definition) is 8. The molecule has 10 nitrogen and oxygen atoms in total. The zero-order valence-corrected chi connectivity index (χ0v) is 17.4. The standard InChI is InChI=1S/C20H17N3O7S/c1-3-30-17(24)11-22-15-9-8-12(23(27)28)10-16(15)31-20(22)21-18(25)13-6-4-5-7-14(13)19(26)29-2/h4-10H,3,11H2,1-2H3. The number of thiazole rings is 1. The van der Waals surface area contributed by atoms with Crippen molar-refractivity contribution < 1.29 is 28.8 Å². The Kier molecular flexibility index (Phi) is 6.55. The molecule has 0 aliphatic rings. The van der Waals surface area contributed by atoms with E-state index in [4.69, 9.17) is 9.47 Å². The molecule has 160 valence electrons. The number of benzene rings is 2. The highest BCUT2D eigenvalue weighted by Crippen LogP contribution is 2.23. The molecular formula is C20H17N3O7S. The van der Waals surface area contributed by atoms with Crippen molar-refractivity contribution in [2.75, 3.05) is 13.7 Å². The predicted octanol–water partition coefficient (Wildman–Crippen LogP) is 2.70. The van der Waals surface area contributed by atoms with Crippen LogP contribution in [0.5, 0.6) is 0 Å². The maximum absolute atomic E-state index is 12.9. The van der Waals surface area contributed by atoms with Crippen molar-refractivity contribution in [1.29, 1.82) is 0 Å². The minimum atomic E-state index is -0.723. The van der Waals surface area contributed by atoms with Gasteiger partial charge in [-0.3, -0.25) is 19.7 Å². The molecule has 0 radical (unpaired) electrons. The van der Waals surface area contributed by atoms with E-state index in [1.54, 1.807) is 19.1 Å². The van der Waals surface area contributed by atoms with Gasteiger partial charge in [-0.2, -0.15) is 4.99 Å². The van der Waals surface area contributed by atoms with Crippen molar-refractivity contribution in [3.8, 4) is 0 Å². The molecule has 31 heavy (non-hydrogen) atoms. The number of aromatic nitrogens is 1. The van der Waals surface area contributed by atoms with Gasteiger partial charge in [0, 0.05) is 12.1 Å². The Hall–Kier alpha value is -3.86. The number of amides is 1. The minimum Gasteiger partial charge on any atom is -0.465 e. The summed E-state index contributed by atoms with van der Waals surface area (Å²) in [7, 11) is 1.20. The lowest BCUT2D eigenvalue weighted by Gasteiger charge is -2.06. The Morgan fingerprint density at radius 1 is 1.16 bits per heavy atom. The molecule has 0 N–H and O–H groups in total. The summed E-state index contributed by atoms with van der Waals surface area (Å²) in [5.41, 5.74) is 0.426. The molecule has 11 heteroatoms. The van der Waals surface area contributed by atoms with E-state index in [0.29, 0.717) is 10.2 Å². The first-order valence-corrected chi connectivity index (χ1v) is 9.87. The van der Waals surface area contributed by atoms with Crippen LogP contribution >= 0.6 is 11.3 Å². The minimum absolute atomic E-state index is 0.0282. The van der Waals surface area contributed by atoms with Crippen molar-refractivity contribution in [1.82, 2.24) is 4.57 Å². The monoisotopic (exact) mass is 443 g/mol. The third-order valence-corrected chi connectivity index (χ3v) is 5.27. The van der Waals surface area contributed by atoms with Gasteiger partial charge in [0.05, 0.1) is 40.0 Å². The number of ether oxygens (including phenoxy) is 2. The second kappa shape index (κ2) is 9.30. The number of nitrogens with zero attached hydrogens (tertiary/aromatic N) is 3. The molecule has 0 atom stereocenters. The van der Waals surface area contributed by atoms with E-state index in [9.17, 15) is 24.5 Å². The molecule has 3 aromatic rings. The smallest absolute Gasteiger partial charge is 0.338 e. The Balaban J connectivity index is 2.17. The highest BCUT2D eigenvalue weighted by atomic mass is 32.1. The first-order chi connectivity index (χ1) is 14.8. The quantitative estimate of drug-likeness (QED) is 0.325. The van der Waals surface area contributed by atoms with Gasteiger partial charge in [-0.25, -0.2) is 4.79 Å². The van der Waals surface area contributed by atoms with Gasteiger partial charge >= 0.3 is 11.9 Å². The van der Waals surface area contributed by atoms with Crippen LogP contribution in [-0.4, -0.2) is 41.1 Å². The number of carbonyl (C=O) groups excluding carboxylic acids is 3. The maximum Gasteiger partial charge on any atom is 0.338 e. The average molecular weight is 443 g/mol. The summed E-state index contributed by atoms with van der Waals surface area (Å²) >= 11 is 1.01. The normalized spacial score (nSPS) is 11.4. The number of fused-ring (bicyclic) bond motifs is 1. The molecule has 2 aromatic carbocycles. The fourth-order valence-corrected chi connectivity index (χ4v) is 3.91. The largest absolute Gasteiger partial charge is 0.465 e. The zero-order chi connectivity index (χ0) is 22.5. The lowest BCUT2D eigenvalue weighted by Crippen LogP contribution is -2.23. The van der Waals surface area contributed by atoms with Gasteiger partial charge in [-0.05, 0) is 25.1 Å². The molecular weight excluding hydrogens is 426 g/mol. The Bertz CT molecular complexity index is 1260. The number of carbonyl (C=O) groups is 3. The van der Waals surface area contributed by atoms with Crippen LogP contribution in [0.2, 0.25) is 0 Å². The number of rotatable bonds is 6. The van der Waals surface area contributed by atoms with Gasteiger partial charge in [-0.15, -0.1) is 0 Å². The summed E-state index contributed by atoms with van der Waals surface area (Å²) in [6.45, 7) is 1.59. The average Bonchev–Trinajstić information content (AvgIpc) is 3.09. The van der Waals surface area contributed by atoms with Gasteiger partial charge < -0.3 is 14.0 Å². The van der Waals surface area contributed by atoms with Crippen LogP contribution in [0.1, 0.15) is 27.6 Å². The van der Waals surface area contributed by atoms with E-state index in [-0.39, 0.29) is 34.8 Å². The summed E-state index contributed by atoms with van der Waals surface area (Å²) in [5, 5.41) is 11.1. The van der Waals surface area contributed by atoms with E-state index < -0.39 is 22.8 Å². The molecule has 0 unspecified atom stereocenters. The first kappa shape index (κ1) is 21.8. The van der Waals surface area contributed by atoms with Gasteiger partial charge in [-0.1, -0.05) is 23.5 Å². The number of methoxy groups -OCH3 is 1. The molecule has 0 fully saturated rings. The lowest BCUT2D eigenvalue weighted by atomic mass is 10.1. The number of nitro benzene ring substituents is 1. The van der Waals surface area contributed by atoms with Crippen molar-refractivity contribution in [2.45, 2.75) is 13.5 Å². The summed E-state index contributed by atoms with van der Waals surface area (Å²) < 4.78 is 11.6. The molecule has 0 aliphatic carbocycles. The van der Waals surface area contributed by atoms with Crippen LogP contribution in [0.3, 0.4) is 0 Å². The lowest BCUT2D eigenvalue weighted by molar-refractivity contribution is -0.384. The third kappa shape index (κ3) is 4.67. The van der Waals surface area contributed by atoms with Crippen LogP contribution in [-0.2, 0) is 20.8 Å². The predicted molar refractivity (Wildman–Crippen MR) is 111 cm³/mol. The van der Waals surface area contributed by atoms with E-state index in [1.807, 2.05) is 0 Å². The Morgan fingerprint density at radius 2 is 1.87 bits per heavy atom.